The van der Waals surface area contributed by atoms with Crippen LogP contribution < -0.4 is 0 Å². The van der Waals surface area contributed by atoms with Crippen LogP contribution in [0, 0.1) is 0 Å². The molecule has 1 aromatic carbocycles. The van der Waals surface area contributed by atoms with Crippen LogP contribution in [0.25, 0.3) is 10.9 Å². The van der Waals surface area contributed by atoms with E-state index in [0.29, 0.717) is 5.39 Å². The normalized spacial score (nSPS) is 10.8. The van der Waals surface area contributed by atoms with Crippen molar-refractivity contribution in [3.63, 3.8) is 0 Å². The van der Waals surface area contributed by atoms with Crippen molar-refractivity contribution < 1.29 is 14.3 Å². The third-order valence-corrected chi connectivity index (χ3v) is 2.66. The molecule has 4 heteroatoms. The second-order valence-corrected chi connectivity index (χ2v) is 3.70. The summed E-state index contributed by atoms with van der Waals surface area (Å²) in [6.45, 7) is 0. The molecule has 0 aliphatic carbocycles. The van der Waals surface area contributed by atoms with E-state index in [1.54, 1.807) is 24.3 Å². The monoisotopic (exact) mass is 227 g/mol. The van der Waals surface area contributed by atoms with Gasteiger partial charge in [-0.05, 0) is 18.2 Å². The minimum absolute atomic E-state index is 0.132. The fourth-order valence-corrected chi connectivity index (χ4v) is 1.89. The van der Waals surface area contributed by atoms with Crippen LogP contribution >= 0.6 is 0 Å². The van der Waals surface area contributed by atoms with Crippen LogP contribution in [-0.4, -0.2) is 15.9 Å². The van der Waals surface area contributed by atoms with Crippen molar-refractivity contribution in [1.29, 1.82) is 0 Å². The van der Waals surface area contributed by atoms with Gasteiger partial charge in [0.05, 0.1) is 11.8 Å². The van der Waals surface area contributed by atoms with Crippen molar-refractivity contribution in [2.45, 2.75) is 0 Å². The van der Waals surface area contributed by atoms with E-state index >= 15 is 0 Å². The van der Waals surface area contributed by atoms with E-state index in [1.807, 2.05) is 12.1 Å². The van der Waals surface area contributed by atoms with Gasteiger partial charge in [-0.15, -0.1) is 0 Å². The summed E-state index contributed by atoms with van der Waals surface area (Å²) in [5.41, 5.74) is 0.968. The molecule has 0 bridgehead atoms. The second kappa shape index (κ2) is 3.52. The predicted octanol–water partition coefficient (Wildman–Crippen LogP) is 2.70. The molecule has 0 aliphatic rings. The summed E-state index contributed by atoms with van der Waals surface area (Å²) < 4.78 is 5.05. The Balaban J connectivity index is 2.24. The van der Waals surface area contributed by atoms with Gasteiger partial charge in [0.1, 0.15) is 0 Å². The van der Waals surface area contributed by atoms with Crippen LogP contribution in [0.1, 0.15) is 16.1 Å². The van der Waals surface area contributed by atoms with Crippen molar-refractivity contribution >= 4 is 16.7 Å². The van der Waals surface area contributed by atoms with Gasteiger partial charge in [0.2, 0.25) is 11.7 Å². The molecule has 2 heterocycles. The number of fused-ring (bicyclic) bond motifs is 1. The summed E-state index contributed by atoms with van der Waals surface area (Å²) in [7, 11) is 0. The van der Waals surface area contributed by atoms with Gasteiger partial charge in [-0.2, -0.15) is 0 Å². The van der Waals surface area contributed by atoms with Crippen LogP contribution in [0.5, 0.6) is 5.88 Å². The molecule has 0 saturated carbocycles. The number of hydrogen-bond acceptors (Lipinski definition) is 3. The molecule has 84 valence electrons. The number of para-hydroxylation sites is 1. The predicted molar refractivity (Wildman–Crippen MR) is 62.1 cm³/mol. The van der Waals surface area contributed by atoms with E-state index in [0.717, 1.165) is 5.52 Å². The van der Waals surface area contributed by atoms with Crippen molar-refractivity contribution in [2.24, 2.45) is 0 Å². The first-order valence-electron chi connectivity index (χ1n) is 5.15. The molecule has 0 saturated heterocycles. The maximum atomic E-state index is 12.1. The first-order valence-corrected chi connectivity index (χ1v) is 5.15. The van der Waals surface area contributed by atoms with Gasteiger partial charge >= 0.3 is 0 Å². The fraction of sp³-hybridized carbons (Fsp3) is 0. The summed E-state index contributed by atoms with van der Waals surface area (Å²) in [6.07, 6.45) is 1.43. The molecule has 2 aromatic heterocycles. The highest BCUT2D eigenvalue weighted by Crippen LogP contribution is 2.29. The van der Waals surface area contributed by atoms with Crippen molar-refractivity contribution in [3.05, 3.63) is 54.0 Å². The molecule has 0 aliphatic heterocycles. The lowest BCUT2D eigenvalue weighted by molar-refractivity contribution is 0.101. The average Bonchev–Trinajstić information content (AvgIpc) is 2.94. The Hall–Kier alpha value is -2.49. The summed E-state index contributed by atoms with van der Waals surface area (Å²) in [5, 5.41) is 10.5. The Kier molecular flexibility index (Phi) is 2.01. The van der Waals surface area contributed by atoms with E-state index in [9.17, 15) is 9.90 Å². The molecule has 3 aromatic rings. The molecule has 0 radical (unpaired) electrons. The minimum Gasteiger partial charge on any atom is -0.494 e. The Morgan fingerprint density at radius 1 is 1.18 bits per heavy atom. The maximum absolute atomic E-state index is 12.1. The van der Waals surface area contributed by atoms with Gasteiger partial charge < -0.3 is 14.5 Å². The van der Waals surface area contributed by atoms with Gasteiger partial charge in [-0.1, -0.05) is 18.2 Å². The van der Waals surface area contributed by atoms with Crippen LogP contribution in [0.15, 0.2) is 47.1 Å². The Morgan fingerprint density at radius 3 is 2.76 bits per heavy atom. The van der Waals surface area contributed by atoms with Crippen LogP contribution in [-0.2, 0) is 0 Å². The summed E-state index contributed by atoms with van der Waals surface area (Å²) in [4.78, 5) is 14.9. The number of benzene rings is 1. The molecule has 2 N–H and O–H groups in total. The molecular weight excluding hydrogens is 218 g/mol. The molecular formula is C13H9NO3. The van der Waals surface area contributed by atoms with Crippen LogP contribution in [0.2, 0.25) is 0 Å². The van der Waals surface area contributed by atoms with Crippen molar-refractivity contribution in [2.75, 3.05) is 0 Å². The molecule has 0 fully saturated rings. The van der Waals surface area contributed by atoms with E-state index < -0.39 is 0 Å². The number of carbonyl (C=O) groups excluding carboxylic acids is 1. The van der Waals surface area contributed by atoms with Gasteiger partial charge in [0.15, 0.2) is 5.76 Å². The number of nitrogens with one attached hydrogen (secondary N) is 1. The molecule has 0 atom stereocenters. The number of hydrogen-bond donors (Lipinski definition) is 2. The Morgan fingerprint density at radius 2 is 2.00 bits per heavy atom. The van der Waals surface area contributed by atoms with Crippen molar-refractivity contribution in [3.8, 4) is 5.88 Å². The number of carbonyl (C=O) groups is 1. The number of rotatable bonds is 2. The topological polar surface area (TPSA) is 66.2 Å². The second-order valence-electron chi connectivity index (χ2n) is 3.70. The average molecular weight is 227 g/mol. The summed E-state index contributed by atoms with van der Waals surface area (Å²) >= 11 is 0. The molecule has 4 nitrogen and oxygen atoms in total. The lowest BCUT2D eigenvalue weighted by Crippen LogP contribution is -1.98. The third-order valence-electron chi connectivity index (χ3n) is 2.66. The Labute approximate surface area is 96.5 Å². The smallest absolute Gasteiger partial charge is 0.234 e. The van der Waals surface area contributed by atoms with E-state index in [-0.39, 0.29) is 23.0 Å². The van der Waals surface area contributed by atoms with Gasteiger partial charge in [-0.25, -0.2) is 0 Å². The lowest BCUT2D eigenvalue weighted by atomic mass is 10.1. The number of aromatic amines is 1. The highest BCUT2D eigenvalue weighted by molar-refractivity contribution is 6.16. The van der Waals surface area contributed by atoms with Gasteiger partial charge in [0, 0.05) is 10.9 Å². The van der Waals surface area contributed by atoms with E-state index in [4.69, 9.17) is 4.42 Å². The maximum Gasteiger partial charge on any atom is 0.234 e. The molecule has 0 amide bonds. The van der Waals surface area contributed by atoms with Crippen LogP contribution in [0.3, 0.4) is 0 Å². The zero-order chi connectivity index (χ0) is 11.8. The van der Waals surface area contributed by atoms with Crippen molar-refractivity contribution in [1.82, 2.24) is 4.98 Å². The van der Waals surface area contributed by atoms with Gasteiger partial charge in [0.25, 0.3) is 0 Å². The third kappa shape index (κ3) is 1.42. The highest BCUT2D eigenvalue weighted by Gasteiger charge is 2.21. The number of aromatic nitrogens is 1. The van der Waals surface area contributed by atoms with E-state index in [1.165, 1.54) is 6.26 Å². The number of H-pyrrole nitrogens is 1. The first-order chi connectivity index (χ1) is 8.27. The molecule has 3 rings (SSSR count). The molecule has 17 heavy (non-hydrogen) atoms. The summed E-state index contributed by atoms with van der Waals surface area (Å²) in [6, 6.07) is 10.4. The number of furan rings is 1. The number of aromatic hydroxyl groups is 1. The van der Waals surface area contributed by atoms with E-state index in [2.05, 4.69) is 4.98 Å². The van der Waals surface area contributed by atoms with Crippen LogP contribution in [0.4, 0.5) is 0 Å². The zero-order valence-corrected chi connectivity index (χ0v) is 8.81. The molecule has 0 spiro atoms. The van der Waals surface area contributed by atoms with Gasteiger partial charge in [-0.3, -0.25) is 4.79 Å². The standard InChI is InChI=1S/C13H9NO3/c15-12(10-6-3-7-17-10)11-8-4-1-2-5-9(8)14-13(11)16/h1-7,14,16H. The Bertz CT molecular complexity index is 680. The minimum atomic E-state index is -0.329. The number of ketones is 1. The molecule has 0 unspecified atom stereocenters. The SMILES string of the molecule is O=C(c1ccco1)c1c(O)[nH]c2ccccc12. The lowest BCUT2D eigenvalue weighted by Gasteiger charge is -1.96. The first kappa shape index (κ1) is 9.72. The largest absolute Gasteiger partial charge is 0.494 e. The summed E-state index contributed by atoms with van der Waals surface area (Å²) in [5.74, 6) is -0.248. The zero-order valence-electron chi connectivity index (χ0n) is 8.81. The highest BCUT2D eigenvalue weighted by atomic mass is 16.3. The fourth-order valence-electron chi connectivity index (χ4n) is 1.89. The quantitative estimate of drug-likeness (QED) is 0.661.